The van der Waals surface area contributed by atoms with Gasteiger partial charge in [-0.3, -0.25) is 14.7 Å². The summed E-state index contributed by atoms with van der Waals surface area (Å²) < 4.78 is 0. The Morgan fingerprint density at radius 3 is 1.89 bits per heavy atom. The minimum absolute atomic E-state index is 0.349. The first-order chi connectivity index (χ1) is 8.41. The van der Waals surface area contributed by atoms with Gasteiger partial charge in [0.1, 0.15) is 0 Å². The Labute approximate surface area is 112 Å². The van der Waals surface area contributed by atoms with Gasteiger partial charge in [0.25, 0.3) is 0 Å². The van der Waals surface area contributed by atoms with Crippen LogP contribution >= 0.6 is 0 Å². The summed E-state index contributed by atoms with van der Waals surface area (Å²) in [5.74, 6) is 6.50. The Hall–Kier alpha value is -0.820. The summed E-state index contributed by atoms with van der Waals surface area (Å²) in [6.07, 6.45) is 7.20. The Kier molecular flexibility index (Phi) is 5.40. The number of rotatable bonds is 3. The zero-order chi connectivity index (χ0) is 13.8. The monoisotopic (exact) mass is 249 g/mol. The predicted molar refractivity (Wildman–Crippen MR) is 78.1 cm³/mol. The summed E-state index contributed by atoms with van der Waals surface area (Å²) >= 11 is 0. The van der Waals surface area contributed by atoms with Crippen molar-refractivity contribution < 1.29 is 0 Å². The number of nitrogens with zero attached hydrogens (tertiary/aromatic N) is 3. The molecule has 0 bridgehead atoms. The van der Waals surface area contributed by atoms with E-state index in [0.717, 1.165) is 6.42 Å². The summed E-state index contributed by atoms with van der Waals surface area (Å²) in [6, 6.07) is 0. The van der Waals surface area contributed by atoms with Crippen molar-refractivity contribution in [2.45, 2.75) is 31.5 Å². The van der Waals surface area contributed by atoms with Gasteiger partial charge in [-0.05, 0) is 79.5 Å². The summed E-state index contributed by atoms with van der Waals surface area (Å²) in [6.45, 7) is 0. The Morgan fingerprint density at radius 2 is 1.50 bits per heavy atom. The topological polar surface area (TPSA) is 9.72 Å². The molecule has 0 atom stereocenters. The Morgan fingerprint density at radius 1 is 0.944 bits per heavy atom. The highest BCUT2D eigenvalue weighted by atomic mass is 15.5. The van der Waals surface area contributed by atoms with Gasteiger partial charge in [0.05, 0.1) is 0 Å². The van der Waals surface area contributed by atoms with Crippen LogP contribution < -0.4 is 0 Å². The standard InChI is InChI=1S/C15H27N3/c1-16(2)15(17(3)4,18(5)6)13-12-14-10-8-7-9-11-14/h10H,7-9,11H2,1-6H3. The molecule has 0 unspecified atom stereocenters. The van der Waals surface area contributed by atoms with Gasteiger partial charge >= 0.3 is 0 Å². The summed E-state index contributed by atoms with van der Waals surface area (Å²) in [4.78, 5) is 6.47. The molecular weight excluding hydrogens is 222 g/mol. The first-order valence-electron chi connectivity index (χ1n) is 6.65. The second-order valence-corrected chi connectivity index (χ2v) is 5.54. The van der Waals surface area contributed by atoms with Crippen LogP contribution in [0.4, 0.5) is 0 Å². The SMILES string of the molecule is CN(C)C(C#CC1=CCCCC1)(N(C)C)N(C)C. The lowest BCUT2D eigenvalue weighted by atomic mass is 10.00. The molecule has 0 spiro atoms. The van der Waals surface area contributed by atoms with Crippen LogP contribution in [-0.4, -0.2) is 62.8 Å². The highest BCUT2D eigenvalue weighted by molar-refractivity contribution is 5.33. The van der Waals surface area contributed by atoms with Gasteiger partial charge < -0.3 is 0 Å². The number of hydrogen-bond donors (Lipinski definition) is 0. The fourth-order valence-electron chi connectivity index (χ4n) is 2.65. The minimum Gasteiger partial charge on any atom is -0.268 e. The third kappa shape index (κ3) is 3.14. The van der Waals surface area contributed by atoms with Gasteiger partial charge in [0, 0.05) is 0 Å². The smallest absolute Gasteiger partial charge is 0.195 e. The lowest BCUT2D eigenvalue weighted by Gasteiger charge is -2.45. The van der Waals surface area contributed by atoms with Gasteiger partial charge in [-0.25, -0.2) is 0 Å². The van der Waals surface area contributed by atoms with E-state index in [2.05, 4.69) is 74.9 Å². The van der Waals surface area contributed by atoms with Crippen molar-refractivity contribution in [3.05, 3.63) is 11.6 Å². The van der Waals surface area contributed by atoms with E-state index in [1.54, 1.807) is 0 Å². The zero-order valence-corrected chi connectivity index (χ0v) is 12.7. The molecule has 3 nitrogen and oxygen atoms in total. The molecule has 0 saturated carbocycles. The maximum atomic E-state index is 3.46. The van der Waals surface area contributed by atoms with Gasteiger partial charge in [0.2, 0.25) is 0 Å². The summed E-state index contributed by atoms with van der Waals surface area (Å²) in [5, 5.41) is 0. The quantitative estimate of drug-likeness (QED) is 0.558. The second-order valence-electron chi connectivity index (χ2n) is 5.54. The molecule has 0 radical (unpaired) electrons. The largest absolute Gasteiger partial charge is 0.268 e. The molecule has 0 saturated heterocycles. The molecule has 102 valence electrons. The van der Waals surface area contributed by atoms with Crippen molar-refractivity contribution in [2.24, 2.45) is 0 Å². The van der Waals surface area contributed by atoms with E-state index >= 15 is 0 Å². The lowest BCUT2D eigenvalue weighted by molar-refractivity contribution is -0.0570. The van der Waals surface area contributed by atoms with E-state index in [1.807, 2.05) is 0 Å². The molecule has 0 amide bonds. The molecule has 0 aliphatic heterocycles. The molecule has 0 aromatic carbocycles. The maximum Gasteiger partial charge on any atom is 0.195 e. The van der Waals surface area contributed by atoms with Crippen molar-refractivity contribution in [3.8, 4) is 11.8 Å². The highest BCUT2D eigenvalue weighted by Gasteiger charge is 2.35. The number of allylic oxidation sites excluding steroid dienone is 2. The van der Waals surface area contributed by atoms with Crippen LogP contribution in [0.5, 0.6) is 0 Å². The van der Waals surface area contributed by atoms with Crippen LogP contribution in [0.2, 0.25) is 0 Å². The predicted octanol–water partition coefficient (Wildman–Crippen LogP) is 1.83. The van der Waals surface area contributed by atoms with E-state index in [9.17, 15) is 0 Å². The van der Waals surface area contributed by atoms with E-state index < -0.39 is 0 Å². The normalized spacial score (nSPS) is 16.8. The van der Waals surface area contributed by atoms with Crippen molar-refractivity contribution in [1.82, 2.24) is 14.7 Å². The van der Waals surface area contributed by atoms with E-state index in [0.29, 0.717) is 0 Å². The van der Waals surface area contributed by atoms with Gasteiger partial charge in [-0.2, -0.15) is 0 Å². The van der Waals surface area contributed by atoms with Crippen LogP contribution in [-0.2, 0) is 0 Å². The Bertz CT molecular complexity index is 334. The molecule has 18 heavy (non-hydrogen) atoms. The fraction of sp³-hybridized carbons (Fsp3) is 0.733. The van der Waals surface area contributed by atoms with Gasteiger partial charge in [0.15, 0.2) is 5.79 Å². The van der Waals surface area contributed by atoms with Gasteiger partial charge in [-0.1, -0.05) is 12.0 Å². The average molecular weight is 249 g/mol. The second kappa shape index (κ2) is 6.38. The molecule has 1 rings (SSSR count). The van der Waals surface area contributed by atoms with Crippen molar-refractivity contribution in [2.75, 3.05) is 42.3 Å². The fourth-order valence-corrected chi connectivity index (χ4v) is 2.65. The number of hydrogen-bond acceptors (Lipinski definition) is 3. The minimum atomic E-state index is -0.349. The molecule has 0 aromatic heterocycles. The maximum absolute atomic E-state index is 3.46. The third-order valence-electron chi connectivity index (χ3n) is 3.55. The van der Waals surface area contributed by atoms with Crippen LogP contribution in [0.25, 0.3) is 0 Å². The van der Waals surface area contributed by atoms with Crippen LogP contribution in [0, 0.1) is 11.8 Å². The molecule has 1 aliphatic rings. The summed E-state index contributed by atoms with van der Waals surface area (Å²) in [7, 11) is 12.4. The molecule has 1 aliphatic carbocycles. The first kappa shape index (κ1) is 15.2. The average Bonchev–Trinajstić information content (AvgIpc) is 2.29. The van der Waals surface area contributed by atoms with E-state index in [4.69, 9.17) is 0 Å². The molecule has 3 heteroatoms. The lowest BCUT2D eigenvalue weighted by Crippen LogP contribution is -2.63. The van der Waals surface area contributed by atoms with Crippen molar-refractivity contribution in [1.29, 1.82) is 0 Å². The van der Waals surface area contributed by atoms with Crippen LogP contribution in [0.3, 0.4) is 0 Å². The zero-order valence-electron chi connectivity index (χ0n) is 12.7. The summed E-state index contributed by atoms with van der Waals surface area (Å²) in [5.41, 5.74) is 1.30. The van der Waals surface area contributed by atoms with Crippen molar-refractivity contribution >= 4 is 0 Å². The molecule has 0 N–H and O–H groups in total. The van der Waals surface area contributed by atoms with Gasteiger partial charge in [-0.15, -0.1) is 0 Å². The molecule has 0 heterocycles. The Balaban J connectivity index is 3.05. The first-order valence-corrected chi connectivity index (χ1v) is 6.65. The van der Waals surface area contributed by atoms with E-state index in [-0.39, 0.29) is 5.79 Å². The molecule has 0 fully saturated rings. The van der Waals surface area contributed by atoms with Crippen LogP contribution in [0.1, 0.15) is 25.7 Å². The van der Waals surface area contributed by atoms with E-state index in [1.165, 1.54) is 24.8 Å². The van der Waals surface area contributed by atoms with Crippen LogP contribution in [0.15, 0.2) is 11.6 Å². The van der Waals surface area contributed by atoms with Crippen molar-refractivity contribution in [3.63, 3.8) is 0 Å². The third-order valence-corrected chi connectivity index (χ3v) is 3.55. The molecular formula is C15H27N3. The highest BCUT2D eigenvalue weighted by Crippen LogP contribution is 2.20. The molecule has 0 aromatic rings.